The summed E-state index contributed by atoms with van der Waals surface area (Å²) in [5, 5.41) is 5.22. The molecule has 1 aliphatic rings. The fraction of sp³-hybridized carbons (Fsp3) is 0.500. The van der Waals surface area contributed by atoms with Crippen LogP contribution in [0.2, 0.25) is 0 Å². The lowest BCUT2D eigenvalue weighted by atomic mass is 10.1. The van der Waals surface area contributed by atoms with Crippen LogP contribution < -0.4 is 5.32 Å². The minimum absolute atomic E-state index is 0.110. The number of methoxy groups -OCH3 is 1. The van der Waals surface area contributed by atoms with Crippen LogP contribution in [-0.4, -0.2) is 32.8 Å². The molecule has 0 bridgehead atoms. The van der Waals surface area contributed by atoms with E-state index in [9.17, 15) is 4.79 Å². The van der Waals surface area contributed by atoms with E-state index in [2.05, 4.69) is 5.32 Å². The van der Waals surface area contributed by atoms with Gasteiger partial charge in [-0.05, 0) is 17.0 Å². The third-order valence-electron chi connectivity index (χ3n) is 2.36. The van der Waals surface area contributed by atoms with Crippen LogP contribution in [0.1, 0.15) is 21.3 Å². The van der Waals surface area contributed by atoms with E-state index in [1.165, 1.54) is 18.4 Å². The highest BCUT2D eigenvalue weighted by atomic mass is 32.1. The Morgan fingerprint density at radius 2 is 2.60 bits per heavy atom. The van der Waals surface area contributed by atoms with Gasteiger partial charge >= 0.3 is 5.97 Å². The number of ether oxygens (including phenoxy) is 2. The van der Waals surface area contributed by atoms with Gasteiger partial charge in [-0.1, -0.05) is 0 Å². The van der Waals surface area contributed by atoms with Crippen LogP contribution in [0, 0.1) is 0 Å². The Hall–Kier alpha value is -0.910. The summed E-state index contributed by atoms with van der Waals surface area (Å²) in [6.07, 6.45) is 0. The number of morpholine rings is 1. The number of rotatable bonds is 2. The van der Waals surface area contributed by atoms with Crippen molar-refractivity contribution >= 4 is 17.3 Å². The minimum Gasteiger partial charge on any atom is -0.465 e. The smallest absolute Gasteiger partial charge is 0.348 e. The van der Waals surface area contributed by atoms with E-state index < -0.39 is 0 Å². The van der Waals surface area contributed by atoms with Gasteiger partial charge in [-0.25, -0.2) is 4.79 Å². The number of hydrogen-bond acceptors (Lipinski definition) is 5. The Morgan fingerprint density at radius 3 is 3.27 bits per heavy atom. The molecule has 1 aliphatic heterocycles. The Labute approximate surface area is 92.2 Å². The van der Waals surface area contributed by atoms with Crippen LogP contribution in [0.15, 0.2) is 11.4 Å². The number of carbonyl (C=O) groups is 1. The van der Waals surface area contributed by atoms with Crippen molar-refractivity contribution in [2.24, 2.45) is 0 Å². The van der Waals surface area contributed by atoms with Gasteiger partial charge < -0.3 is 14.8 Å². The van der Waals surface area contributed by atoms with E-state index in [1.54, 1.807) is 0 Å². The van der Waals surface area contributed by atoms with E-state index in [0.29, 0.717) is 11.5 Å². The molecular weight excluding hydrogens is 214 g/mol. The zero-order valence-corrected chi connectivity index (χ0v) is 9.30. The van der Waals surface area contributed by atoms with Crippen LogP contribution in [0.3, 0.4) is 0 Å². The molecule has 2 rings (SSSR count). The van der Waals surface area contributed by atoms with Gasteiger partial charge in [0.1, 0.15) is 4.88 Å². The molecule has 1 atom stereocenters. The normalized spacial score (nSPS) is 21.3. The second-order valence-corrected chi connectivity index (χ2v) is 4.19. The Balaban J connectivity index is 2.19. The lowest BCUT2D eigenvalue weighted by Crippen LogP contribution is -2.35. The number of esters is 1. The molecule has 0 saturated carbocycles. The molecule has 0 amide bonds. The molecule has 1 unspecified atom stereocenters. The summed E-state index contributed by atoms with van der Waals surface area (Å²) in [6.45, 7) is 2.16. The van der Waals surface area contributed by atoms with Gasteiger partial charge in [0.25, 0.3) is 0 Å². The van der Waals surface area contributed by atoms with Gasteiger partial charge in [-0.2, -0.15) is 0 Å². The van der Waals surface area contributed by atoms with Crippen molar-refractivity contribution in [2.75, 3.05) is 26.9 Å². The van der Waals surface area contributed by atoms with Crippen molar-refractivity contribution in [2.45, 2.75) is 6.04 Å². The van der Waals surface area contributed by atoms with Gasteiger partial charge in [0.05, 0.1) is 26.4 Å². The molecule has 15 heavy (non-hydrogen) atoms. The van der Waals surface area contributed by atoms with Crippen LogP contribution in [0.4, 0.5) is 0 Å². The fourth-order valence-electron chi connectivity index (χ4n) is 1.62. The van der Waals surface area contributed by atoms with Crippen molar-refractivity contribution in [3.63, 3.8) is 0 Å². The molecule has 1 N–H and O–H groups in total. The van der Waals surface area contributed by atoms with Crippen LogP contribution in [0.25, 0.3) is 0 Å². The minimum atomic E-state index is -0.271. The zero-order valence-electron chi connectivity index (χ0n) is 8.49. The second kappa shape index (κ2) is 4.74. The number of hydrogen-bond donors (Lipinski definition) is 1. The molecule has 0 aromatic carbocycles. The monoisotopic (exact) mass is 227 g/mol. The maximum Gasteiger partial charge on any atom is 0.348 e. The van der Waals surface area contributed by atoms with E-state index in [0.717, 1.165) is 18.7 Å². The first-order valence-electron chi connectivity index (χ1n) is 4.79. The molecule has 4 nitrogen and oxygen atoms in total. The van der Waals surface area contributed by atoms with Gasteiger partial charge in [0, 0.05) is 6.54 Å². The molecule has 2 heterocycles. The summed E-state index contributed by atoms with van der Waals surface area (Å²) in [5.41, 5.74) is 0.978. The predicted octanol–water partition coefficient (Wildman–Crippen LogP) is 1.20. The lowest BCUT2D eigenvalue weighted by molar-refractivity contribution is 0.0593. The fourth-order valence-corrected chi connectivity index (χ4v) is 2.49. The molecular formula is C10H13NO3S. The summed E-state index contributed by atoms with van der Waals surface area (Å²) in [4.78, 5) is 12.1. The molecule has 0 radical (unpaired) electrons. The third kappa shape index (κ3) is 2.19. The molecule has 0 spiro atoms. The molecule has 5 heteroatoms. The summed E-state index contributed by atoms with van der Waals surface area (Å²) < 4.78 is 10.1. The van der Waals surface area contributed by atoms with E-state index >= 15 is 0 Å². The molecule has 1 aromatic rings. The quantitative estimate of drug-likeness (QED) is 0.771. The maximum absolute atomic E-state index is 11.5. The Morgan fingerprint density at radius 1 is 1.73 bits per heavy atom. The summed E-state index contributed by atoms with van der Waals surface area (Å²) in [6, 6.07) is 2.06. The van der Waals surface area contributed by atoms with Crippen LogP contribution in [-0.2, 0) is 9.47 Å². The van der Waals surface area contributed by atoms with Crippen molar-refractivity contribution in [1.29, 1.82) is 0 Å². The maximum atomic E-state index is 11.5. The van der Waals surface area contributed by atoms with Crippen LogP contribution in [0.5, 0.6) is 0 Å². The van der Waals surface area contributed by atoms with Gasteiger partial charge in [0.2, 0.25) is 0 Å². The molecule has 1 saturated heterocycles. The average Bonchev–Trinajstić information content (AvgIpc) is 2.78. The van der Waals surface area contributed by atoms with Crippen molar-refractivity contribution in [3.8, 4) is 0 Å². The summed E-state index contributed by atoms with van der Waals surface area (Å²) >= 11 is 1.41. The van der Waals surface area contributed by atoms with E-state index in [-0.39, 0.29) is 12.0 Å². The largest absolute Gasteiger partial charge is 0.465 e. The Bertz CT molecular complexity index is 344. The van der Waals surface area contributed by atoms with Gasteiger partial charge in [0.15, 0.2) is 0 Å². The third-order valence-corrected chi connectivity index (χ3v) is 3.27. The molecule has 82 valence electrons. The highest BCUT2D eigenvalue weighted by Crippen LogP contribution is 2.25. The number of nitrogens with one attached hydrogen (secondary N) is 1. The zero-order chi connectivity index (χ0) is 10.7. The highest BCUT2D eigenvalue weighted by Gasteiger charge is 2.22. The predicted molar refractivity (Wildman–Crippen MR) is 57.2 cm³/mol. The average molecular weight is 227 g/mol. The first kappa shape index (κ1) is 10.6. The lowest BCUT2D eigenvalue weighted by Gasteiger charge is -2.23. The standard InChI is InChI=1S/C10H13NO3S/c1-13-10(12)9-7(2-5-15-9)8-6-14-4-3-11-8/h2,5,8,11H,3-4,6H2,1H3. The second-order valence-electron chi connectivity index (χ2n) is 3.28. The van der Waals surface area contributed by atoms with Crippen molar-refractivity contribution < 1.29 is 14.3 Å². The molecule has 1 aromatic heterocycles. The first-order chi connectivity index (χ1) is 7.33. The highest BCUT2D eigenvalue weighted by molar-refractivity contribution is 7.12. The number of carbonyl (C=O) groups excluding carboxylic acids is 1. The van der Waals surface area contributed by atoms with Gasteiger partial charge in [-0.15, -0.1) is 11.3 Å². The topological polar surface area (TPSA) is 47.6 Å². The first-order valence-corrected chi connectivity index (χ1v) is 5.67. The molecule has 1 fully saturated rings. The van der Waals surface area contributed by atoms with E-state index in [4.69, 9.17) is 9.47 Å². The van der Waals surface area contributed by atoms with Crippen molar-refractivity contribution in [3.05, 3.63) is 21.9 Å². The van der Waals surface area contributed by atoms with Crippen LogP contribution >= 0.6 is 11.3 Å². The van der Waals surface area contributed by atoms with E-state index in [1.807, 2.05) is 11.4 Å². The van der Waals surface area contributed by atoms with Crippen molar-refractivity contribution in [1.82, 2.24) is 5.32 Å². The summed E-state index contributed by atoms with van der Waals surface area (Å²) in [7, 11) is 1.40. The van der Waals surface area contributed by atoms with Gasteiger partial charge in [-0.3, -0.25) is 0 Å². The molecule has 0 aliphatic carbocycles. The summed E-state index contributed by atoms with van der Waals surface area (Å²) in [5.74, 6) is -0.271. The number of thiophene rings is 1. The SMILES string of the molecule is COC(=O)c1sccc1C1COCCN1. The Kier molecular flexibility index (Phi) is 3.35.